The minimum Gasteiger partial charge on any atom is -0.393 e. The zero-order valence-corrected chi connectivity index (χ0v) is 13.8. The van der Waals surface area contributed by atoms with Gasteiger partial charge in [0.1, 0.15) is 5.78 Å². The Labute approximate surface area is 133 Å². The van der Waals surface area contributed by atoms with Crippen LogP contribution in [-0.4, -0.2) is 17.0 Å². The zero-order chi connectivity index (χ0) is 15.3. The number of carbonyl (C=O) groups excluding carboxylic acids is 1. The highest BCUT2D eigenvalue weighted by Crippen LogP contribution is 2.71. The highest BCUT2D eigenvalue weighted by atomic mass is 16.3. The average Bonchev–Trinajstić information content (AvgIpc) is 3.22. The molecule has 1 N–H and O–H groups in total. The second-order valence-corrected chi connectivity index (χ2v) is 9.40. The van der Waals surface area contributed by atoms with E-state index < -0.39 is 0 Å². The van der Waals surface area contributed by atoms with E-state index in [-0.39, 0.29) is 11.5 Å². The molecule has 5 rings (SSSR count). The van der Waals surface area contributed by atoms with E-state index in [4.69, 9.17) is 0 Å². The van der Waals surface area contributed by atoms with E-state index in [2.05, 4.69) is 19.9 Å². The molecule has 5 aliphatic rings. The predicted molar refractivity (Wildman–Crippen MR) is 85.1 cm³/mol. The molecule has 2 nitrogen and oxygen atoms in total. The van der Waals surface area contributed by atoms with E-state index in [9.17, 15) is 9.90 Å². The van der Waals surface area contributed by atoms with Crippen LogP contribution in [-0.2, 0) is 4.79 Å². The molecule has 5 aliphatic carbocycles. The van der Waals surface area contributed by atoms with Gasteiger partial charge in [0.15, 0.2) is 0 Å². The second kappa shape index (κ2) is 4.06. The number of aliphatic hydroxyl groups is 1. The minimum absolute atomic E-state index is 0.00460. The molecule has 4 fully saturated rings. The molecule has 0 aliphatic heterocycles. The molecule has 4 unspecified atom stereocenters. The van der Waals surface area contributed by atoms with Crippen molar-refractivity contribution in [2.75, 3.05) is 0 Å². The van der Waals surface area contributed by atoms with Crippen LogP contribution in [0.25, 0.3) is 0 Å². The van der Waals surface area contributed by atoms with Gasteiger partial charge in [-0.3, -0.25) is 4.79 Å². The summed E-state index contributed by atoms with van der Waals surface area (Å²) in [6, 6.07) is 0. The molecule has 4 saturated carbocycles. The third kappa shape index (κ3) is 1.48. The van der Waals surface area contributed by atoms with Crippen molar-refractivity contribution in [3.8, 4) is 0 Å². The highest BCUT2D eigenvalue weighted by molar-refractivity contribution is 5.92. The van der Waals surface area contributed by atoms with Crippen LogP contribution < -0.4 is 0 Å². The topological polar surface area (TPSA) is 37.3 Å². The lowest BCUT2D eigenvalue weighted by Gasteiger charge is -2.57. The monoisotopic (exact) mass is 300 g/mol. The van der Waals surface area contributed by atoms with Crippen LogP contribution >= 0.6 is 0 Å². The van der Waals surface area contributed by atoms with Gasteiger partial charge in [0.25, 0.3) is 0 Å². The highest BCUT2D eigenvalue weighted by Gasteiger charge is 2.70. The molecular weight excluding hydrogens is 272 g/mol. The smallest absolute Gasteiger partial charge is 0.142 e. The number of hydrogen-bond donors (Lipinski definition) is 1. The number of Topliss-reactive ketones (excluding diaryl/α,β-unsaturated/α-hetero) is 1. The van der Waals surface area contributed by atoms with Crippen molar-refractivity contribution in [1.29, 1.82) is 0 Å². The summed E-state index contributed by atoms with van der Waals surface area (Å²) in [6.07, 6.45) is 10.1. The summed E-state index contributed by atoms with van der Waals surface area (Å²) >= 11 is 0. The number of fused-ring (bicyclic) bond motifs is 7. The molecule has 0 heterocycles. The molecule has 22 heavy (non-hydrogen) atoms. The summed E-state index contributed by atoms with van der Waals surface area (Å²) < 4.78 is 0. The normalized spacial score (nSPS) is 59.0. The number of ketones is 1. The fraction of sp³-hybridized carbons (Fsp3) is 0.850. The van der Waals surface area contributed by atoms with Gasteiger partial charge in [-0.05, 0) is 74.0 Å². The zero-order valence-electron chi connectivity index (χ0n) is 13.8. The van der Waals surface area contributed by atoms with Gasteiger partial charge in [-0.1, -0.05) is 25.5 Å². The second-order valence-electron chi connectivity index (χ2n) is 9.40. The first-order chi connectivity index (χ1) is 10.4. The summed E-state index contributed by atoms with van der Waals surface area (Å²) in [6.45, 7) is 4.75. The Morgan fingerprint density at radius 1 is 1.14 bits per heavy atom. The standard InChI is InChI=1S/C20H28O2/c1-19-7-5-12(21)9-11(19)3-4-13-16(19)6-8-20(2)17(13)14-10-15(14)18(20)22/h3,12-17,21H,4-10H2,1-2H3/t12-,13?,14+,15?,16?,17?,19-,20-/m0/s1. The molecule has 0 amide bonds. The Morgan fingerprint density at radius 2 is 1.91 bits per heavy atom. The summed E-state index contributed by atoms with van der Waals surface area (Å²) in [5.74, 6) is 3.90. The Kier molecular flexibility index (Phi) is 2.54. The average molecular weight is 300 g/mol. The molecule has 8 atom stereocenters. The van der Waals surface area contributed by atoms with Gasteiger partial charge in [0.2, 0.25) is 0 Å². The van der Waals surface area contributed by atoms with Crippen LogP contribution in [0, 0.1) is 40.4 Å². The van der Waals surface area contributed by atoms with Gasteiger partial charge in [-0.25, -0.2) is 0 Å². The maximum atomic E-state index is 12.7. The van der Waals surface area contributed by atoms with Crippen molar-refractivity contribution in [2.45, 2.75) is 64.9 Å². The maximum Gasteiger partial charge on any atom is 0.142 e. The summed E-state index contributed by atoms with van der Waals surface area (Å²) in [4.78, 5) is 12.7. The molecule has 0 saturated heterocycles. The Balaban J connectivity index is 1.54. The largest absolute Gasteiger partial charge is 0.393 e. The summed E-state index contributed by atoms with van der Waals surface area (Å²) in [5.41, 5.74) is 1.84. The number of aliphatic hydroxyl groups excluding tert-OH is 1. The van der Waals surface area contributed by atoms with Crippen LogP contribution in [0.4, 0.5) is 0 Å². The van der Waals surface area contributed by atoms with Gasteiger partial charge in [0, 0.05) is 11.3 Å². The molecule has 0 aromatic rings. The number of allylic oxidation sites excluding steroid dienone is 1. The van der Waals surface area contributed by atoms with Crippen LogP contribution in [0.1, 0.15) is 58.8 Å². The van der Waals surface area contributed by atoms with E-state index in [1.165, 1.54) is 24.8 Å². The van der Waals surface area contributed by atoms with Crippen molar-refractivity contribution in [3.63, 3.8) is 0 Å². The van der Waals surface area contributed by atoms with Crippen LogP contribution in [0.2, 0.25) is 0 Å². The summed E-state index contributed by atoms with van der Waals surface area (Å²) in [7, 11) is 0. The molecule has 0 spiro atoms. The fourth-order valence-corrected chi connectivity index (χ4v) is 7.31. The first-order valence-electron chi connectivity index (χ1n) is 9.37. The number of rotatable bonds is 0. The minimum atomic E-state index is -0.120. The van der Waals surface area contributed by atoms with Gasteiger partial charge in [-0.15, -0.1) is 0 Å². The van der Waals surface area contributed by atoms with Crippen molar-refractivity contribution in [2.24, 2.45) is 40.4 Å². The lowest BCUT2D eigenvalue weighted by Crippen LogP contribution is -2.51. The Hall–Kier alpha value is -0.630. The summed E-state index contributed by atoms with van der Waals surface area (Å²) in [5, 5.41) is 10.0. The quantitative estimate of drug-likeness (QED) is 0.692. The van der Waals surface area contributed by atoms with Gasteiger partial charge >= 0.3 is 0 Å². The van der Waals surface area contributed by atoms with E-state index in [1.807, 2.05) is 0 Å². The Bertz CT molecular complexity index is 578. The lowest BCUT2D eigenvalue weighted by atomic mass is 9.47. The van der Waals surface area contributed by atoms with E-state index in [0.29, 0.717) is 23.0 Å². The number of hydrogen-bond acceptors (Lipinski definition) is 2. The molecule has 0 bridgehead atoms. The van der Waals surface area contributed by atoms with Crippen molar-refractivity contribution >= 4 is 5.78 Å². The molecule has 120 valence electrons. The van der Waals surface area contributed by atoms with Gasteiger partial charge < -0.3 is 5.11 Å². The van der Waals surface area contributed by atoms with Crippen LogP contribution in [0.15, 0.2) is 11.6 Å². The fourth-order valence-electron chi connectivity index (χ4n) is 7.31. The third-order valence-corrected chi connectivity index (χ3v) is 8.53. The molecule has 2 heteroatoms. The predicted octanol–water partition coefficient (Wildman–Crippen LogP) is 3.74. The van der Waals surface area contributed by atoms with Crippen molar-refractivity contribution in [1.82, 2.24) is 0 Å². The van der Waals surface area contributed by atoms with Crippen LogP contribution in [0.3, 0.4) is 0 Å². The van der Waals surface area contributed by atoms with Crippen molar-refractivity contribution in [3.05, 3.63) is 11.6 Å². The van der Waals surface area contributed by atoms with E-state index in [1.54, 1.807) is 0 Å². The molecule has 0 aromatic heterocycles. The molecule has 0 aromatic carbocycles. The van der Waals surface area contributed by atoms with Crippen LogP contribution in [0.5, 0.6) is 0 Å². The van der Waals surface area contributed by atoms with Gasteiger partial charge in [0.05, 0.1) is 6.10 Å². The first kappa shape index (κ1) is 13.8. The first-order valence-corrected chi connectivity index (χ1v) is 9.37. The molecule has 0 radical (unpaired) electrons. The van der Waals surface area contributed by atoms with Gasteiger partial charge in [-0.2, -0.15) is 0 Å². The SMILES string of the molecule is C[C@]12CC[C@H](O)CC1=CCC1C2CC[C@]2(C)C(=O)C3C[C@H]3C12. The van der Waals surface area contributed by atoms with E-state index >= 15 is 0 Å². The number of carbonyl (C=O) groups is 1. The van der Waals surface area contributed by atoms with Crippen molar-refractivity contribution < 1.29 is 9.90 Å². The maximum absolute atomic E-state index is 12.7. The lowest BCUT2D eigenvalue weighted by molar-refractivity contribution is -0.135. The Morgan fingerprint density at radius 3 is 2.73 bits per heavy atom. The van der Waals surface area contributed by atoms with E-state index in [0.717, 1.165) is 43.4 Å². The third-order valence-electron chi connectivity index (χ3n) is 8.53. The molecular formula is C20H28O2.